The van der Waals surface area contributed by atoms with E-state index in [9.17, 15) is 0 Å². The molecule has 0 aliphatic rings. The van der Waals surface area contributed by atoms with Gasteiger partial charge >= 0.3 is 151 Å². The van der Waals surface area contributed by atoms with E-state index in [0.29, 0.717) is 0 Å². The average molecular weight is 436 g/mol. The molecule has 0 saturated carbocycles. The Morgan fingerprint density at radius 3 is 1.55 bits per heavy atom. The molecule has 0 N–H and O–H groups in total. The van der Waals surface area contributed by atoms with Gasteiger partial charge in [-0.15, -0.1) is 0 Å². The van der Waals surface area contributed by atoms with Crippen LogP contribution in [-0.2, 0) is 0 Å². The SMILES string of the molecule is CCCCCC/C=[C](/Cl)[Sn]([CH2]CCC)([CH2]CCC)[CH2]CCC. The van der Waals surface area contributed by atoms with Crippen LogP contribution in [-0.4, -0.2) is 18.4 Å². The molecule has 0 radical (unpaired) electrons. The fraction of sp³-hybridized carbons (Fsp3) is 0.900. The van der Waals surface area contributed by atoms with E-state index in [1.54, 1.807) is 0 Å². The maximum atomic E-state index is 6.98. The third-order valence-corrected chi connectivity index (χ3v) is 22.5. The molecule has 0 spiro atoms. The van der Waals surface area contributed by atoms with Crippen LogP contribution in [0.1, 0.15) is 98.3 Å². The second-order valence-corrected chi connectivity index (χ2v) is 21.4. The van der Waals surface area contributed by atoms with Crippen molar-refractivity contribution < 1.29 is 0 Å². The molecule has 0 rings (SSSR count). The van der Waals surface area contributed by atoms with Crippen LogP contribution in [0.2, 0.25) is 13.3 Å². The molecule has 0 aromatic heterocycles. The van der Waals surface area contributed by atoms with E-state index in [-0.39, 0.29) is 0 Å². The quantitative estimate of drug-likeness (QED) is 0.179. The molecule has 0 unspecified atom stereocenters. The van der Waals surface area contributed by atoms with Gasteiger partial charge in [-0.05, 0) is 0 Å². The van der Waals surface area contributed by atoms with Gasteiger partial charge in [-0.25, -0.2) is 0 Å². The van der Waals surface area contributed by atoms with Gasteiger partial charge in [0.25, 0.3) is 0 Å². The summed E-state index contributed by atoms with van der Waals surface area (Å²) in [4.78, 5) is 0. The zero-order valence-electron chi connectivity index (χ0n) is 15.9. The van der Waals surface area contributed by atoms with Crippen LogP contribution in [0, 0.1) is 0 Å². The van der Waals surface area contributed by atoms with Crippen LogP contribution < -0.4 is 0 Å². The molecule has 0 fully saturated rings. The molecule has 132 valence electrons. The Hall–Kier alpha value is 0.829. The summed E-state index contributed by atoms with van der Waals surface area (Å²) in [5.74, 6) is 0. The summed E-state index contributed by atoms with van der Waals surface area (Å²) in [7, 11) is 0. The van der Waals surface area contributed by atoms with Crippen molar-refractivity contribution >= 4 is 30.0 Å². The summed E-state index contributed by atoms with van der Waals surface area (Å²) >= 11 is 4.71. The van der Waals surface area contributed by atoms with Gasteiger partial charge in [-0.1, -0.05) is 0 Å². The Labute approximate surface area is 150 Å². The molecular formula is C20H41ClSn. The molecule has 0 atom stereocenters. The monoisotopic (exact) mass is 436 g/mol. The van der Waals surface area contributed by atoms with Crippen molar-refractivity contribution in [2.24, 2.45) is 0 Å². The molecule has 2 heteroatoms. The second kappa shape index (κ2) is 15.4. The number of allylic oxidation sites excluding steroid dienone is 1. The topological polar surface area (TPSA) is 0 Å². The van der Waals surface area contributed by atoms with Crippen molar-refractivity contribution in [1.29, 1.82) is 0 Å². The predicted octanol–water partition coefficient (Wildman–Crippen LogP) is 8.47. The van der Waals surface area contributed by atoms with E-state index >= 15 is 0 Å². The van der Waals surface area contributed by atoms with Crippen LogP contribution in [0.4, 0.5) is 0 Å². The minimum absolute atomic E-state index is 1.22. The molecule has 0 aromatic rings. The summed E-state index contributed by atoms with van der Waals surface area (Å²) in [6, 6.07) is 0. The molecule has 22 heavy (non-hydrogen) atoms. The van der Waals surface area contributed by atoms with E-state index in [1.807, 2.05) is 0 Å². The Morgan fingerprint density at radius 1 is 0.682 bits per heavy atom. The van der Waals surface area contributed by atoms with Gasteiger partial charge in [0.2, 0.25) is 0 Å². The third-order valence-electron chi connectivity index (χ3n) is 4.91. The van der Waals surface area contributed by atoms with Gasteiger partial charge in [0.15, 0.2) is 0 Å². The Morgan fingerprint density at radius 2 is 1.14 bits per heavy atom. The van der Waals surface area contributed by atoms with Gasteiger partial charge in [-0.3, -0.25) is 0 Å². The van der Waals surface area contributed by atoms with Crippen molar-refractivity contribution in [1.82, 2.24) is 0 Å². The van der Waals surface area contributed by atoms with Crippen molar-refractivity contribution in [2.75, 3.05) is 0 Å². The van der Waals surface area contributed by atoms with E-state index in [0.717, 1.165) is 0 Å². The fourth-order valence-electron chi connectivity index (χ4n) is 3.30. The number of halogens is 1. The molecule has 0 heterocycles. The zero-order chi connectivity index (χ0) is 16.7. The van der Waals surface area contributed by atoms with Gasteiger partial charge in [-0.2, -0.15) is 0 Å². The van der Waals surface area contributed by atoms with E-state index in [4.69, 9.17) is 11.6 Å². The number of unbranched alkanes of at least 4 members (excludes halogenated alkanes) is 7. The normalized spacial score (nSPS) is 12.9. The number of hydrogen-bond donors (Lipinski definition) is 0. The number of rotatable bonds is 15. The summed E-state index contributed by atoms with van der Waals surface area (Å²) in [6.07, 6.45) is 17.3. The van der Waals surface area contributed by atoms with Crippen LogP contribution in [0.15, 0.2) is 9.12 Å². The summed E-state index contributed by atoms with van der Waals surface area (Å²) in [5, 5.41) is 0. The molecule has 0 aliphatic heterocycles. The standard InChI is InChI=1S/C8H14Cl.3C4H9.Sn/c1-2-3-4-5-6-7-8-9;3*1-3-4-2;/h7H,2-6H2,1H3;3*1,3-4H2,2H3;. The Kier molecular flexibility index (Phi) is 15.9. The van der Waals surface area contributed by atoms with E-state index in [1.165, 1.54) is 87.0 Å². The van der Waals surface area contributed by atoms with Gasteiger partial charge in [0.1, 0.15) is 0 Å². The average Bonchev–Trinajstić information content (AvgIpc) is 2.54. The fourth-order valence-corrected chi connectivity index (χ4v) is 20.0. The summed E-state index contributed by atoms with van der Waals surface area (Å²) in [5.41, 5.74) is 0. The van der Waals surface area contributed by atoms with E-state index in [2.05, 4.69) is 33.8 Å². The first kappa shape index (κ1) is 22.8. The van der Waals surface area contributed by atoms with Crippen LogP contribution in [0.5, 0.6) is 0 Å². The molecule has 0 aliphatic carbocycles. The molecule has 0 saturated heterocycles. The van der Waals surface area contributed by atoms with Crippen molar-refractivity contribution in [2.45, 2.75) is 112 Å². The molecular weight excluding hydrogens is 394 g/mol. The minimum atomic E-state index is -2.27. The summed E-state index contributed by atoms with van der Waals surface area (Å²) in [6.45, 7) is 9.28. The Balaban J connectivity index is 4.82. The first-order chi connectivity index (χ1) is 10.7. The van der Waals surface area contributed by atoms with Crippen molar-refractivity contribution in [3.8, 4) is 0 Å². The first-order valence-electron chi connectivity index (χ1n) is 10.0. The second-order valence-electron chi connectivity index (χ2n) is 6.99. The zero-order valence-corrected chi connectivity index (χ0v) is 19.5. The molecule has 0 aromatic carbocycles. The molecule has 0 amide bonds. The van der Waals surface area contributed by atoms with Gasteiger partial charge in [0.05, 0.1) is 0 Å². The first-order valence-corrected chi connectivity index (χ1v) is 17.9. The van der Waals surface area contributed by atoms with E-state index < -0.39 is 18.4 Å². The Bertz CT molecular complexity index is 251. The van der Waals surface area contributed by atoms with Crippen molar-refractivity contribution in [3.63, 3.8) is 0 Å². The molecule has 0 bridgehead atoms. The van der Waals surface area contributed by atoms with Crippen LogP contribution in [0.3, 0.4) is 0 Å². The van der Waals surface area contributed by atoms with Gasteiger partial charge in [0, 0.05) is 0 Å². The molecule has 0 nitrogen and oxygen atoms in total. The van der Waals surface area contributed by atoms with Crippen LogP contribution in [0.25, 0.3) is 0 Å². The third kappa shape index (κ3) is 9.85. The van der Waals surface area contributed by atoms with Crippen LogP contribution >= 0.6 is 11.6 Å². The maximum absolute atomic E-state index is 6.98. The predicted molar refractivity (Wildman–Crippen MR) is 108 cm³/mol. The summed E-state index contributed by atoms with van der Waals surface area (Å²) < 4.78 is 5.89. The number of hydrogen-bond acceptors (Lipinski definition) is 0. The van der Waals surface area contributed by atoms with Crippen molar-refractivity contribution in [3.05, 3.63) is 9.12 Å². The van der Waals surface area contributed by atoms with Gasteiger partial charge < -0.3 is 0 Å².